The lowest BCUT2D eigenvalue weighted by molar-refractivity contribution is 0.463. The Kier molecular flexibility index (Phi) is 4.44. The van der Waals surface area contributed by atoms with Gasteiger partial charge in [-0.25, -0.2) is 8.42 Å². The molecule has 6 nitrogen and oxygen atoms in total. The topological polar surface area (TPSA) is 92.1 Å². The van der Waals surface area contributed by atoms with E-state index in [2.05, 4.69) is 10.2 Å². The van der Waals surface area contributed by atoms with Crippen molar-refractivity contribution in [3.8, 4) is 0 Å². The second kappa shape index (κ2) is 5.92. The summed E-state index contributed by atoms with van der Waals surface area (Å²) in [5.74, 6) is 0. The van der Waals surface area contributed by atoms with Crippen molar-refractivity contribution in [2.75, 3.05) is 7.05 Å². The number of benzene rings is 1. The zero-order chi connectivity index (χ0) is 14.8. The van der Waals surface area contributed by atoms with Gasteiger partial charge in [0.15, 0.2) is 5.03 Å². The SMILES string of the molecule is CN(Cc1cccc(Cl)c1)S(=O)(=O)c1[nH]ncc1CN. The van der Waals surface area contributed by atoms with Crippen LogP contribution in [0.5, 0.6) is 0 Å². The molecule has 0 saturated carbocycles. The summed E-state index contributed by atoms with van der Waals surface area (Å²) in [6.45, 7) is 0.321. The summed E-state index contributed by atoms with van der Waals surface area (Å²) >= 11 is 5.89. The molecule has 0 spiro atoms. The Bertz CT molecular complexity index is 699. The van der Waals surface area contributed by atoms with Crippen LogP contribution in [0.3, 0.4) is 0 Å². The van der Waals surface area contributed by atoms with E-state index in [-0.39, 0.29) is 18.1 Å². The number of aromatic amines is 1. The van der Waals surface area contributed by atoms with Crippen molar-refractivity contribution < 1.29 is 8.42 Å². The van der Waals surface area contributed by atoms with Crippen LogP contribution in [0.1, 0.15) is 11.1 Å². The third-order valence-electron chi connectivity index (χ3n) is 2.86. The molecule has 1 aromatic heterocycles. The Labute approximate surface area is 122 Å². The second-order valence-electron chi connectivity index (χ2n) is 4.32. The molecule has 2 aromatic rings. The highest BCUT2D eigenvalue weighted by Crippen LogP contribution is 2.19. The van der Waals surface area contributed by atoms with Crippen molar-refractivity contribution in [1.82, 2.24) is 14.5 Å². The van der Waals surface area contributed by atoms with E-state index in [9.17, 15) is 8.42 Å². The van der Waals surface area contributed by atoms with Crippen LogP contribution in [0.4, 0.5) is 0 Å². The third kappa shape index (κ3) is 3.01. The number of sulfonamides is 1. The van der Waals surface area contributed by atoms with Crippen LogP contribution >= 0.6 is 11.6 Å². The quantitative estimate of drug-likeness (QED) is 0.871. The van der Waals surface area contributed by atoms with Gasteiger partial charge in [0.1, 0.15) is 0 Å². The molecule has 20 heavy (non-hydrogen) atoms. The molecule has 0 aliphatic heterocycles. The van der Waals surface area contributed by atoms with Crippen LogP contribution in [0.25, 0.3) is 0 Å². The van der Waals surface area contributed by atoms with Crippen LogP contribution in [-0.2, 0) is 23.1 Å². The Morgan fingerprint density at radius 2 is 2.20 bits per heavy atom. The summed E-state index contributed by atoms with van der Waals surface area (Å²) in [5.41, 5.74) is 6.77. The molecule has 8 heteroatoms. The number of hydrogen-bond donors (Lipinski definition) is 2. The highest BCUT2D eigenvalue weighted by molar-refractivity contribution is 7.89. The lowest BCUT2D eigenvalue weighted by atomic mass is 10.2. The lowest BCUT2D eigenvalue weighted by Gasteiger charge is -2.17. The maximum atomic E-state index is 12.4. The molecule has 1 heterocycles. The Morgan fingerprint density at radius 1 is 1.45 bits per heavy atom. The Morgan fingerprint density at radius 3 is 2.85 bits per heavy atom. The van der Waals surface area contributed by atoms with Gasteiger partial charge in [-0.15, -0.1) is 0 Å². The average molecular weight is 315 g/mol. The van der Waals surface area contributed by atoms with Gasteiger partial charge in [-0.2, -0.15) is 9.40 Å². The summed E-state index contributed by atoms with van der Waals surface area (Å²) in [7, 11) is -2.16. The van der Waals surface area contributed by atoms with E-state index >= 15 is 0 Å². The largest absolute Gasteiger partial charge is 0.326 e. The van der Waals surface area contributed by atoms with Gasteiger partial charge in [-0.05, 0) is 17.7 Å². The second-order valence-corrected chi connectivity index (χ2v) is 6.74. The zero-order valence-electron chi connectivity index (χ0n) is 10.9. The van der Waals surface area contributed by atoms with Gasteiger partial charge < -0.3 is 5.73 Å². The molecular weight excluding hydrogens is 300 g/mol. The molecule has 2 rings (SSSR count). The molecule has 0 radical (unpaired) electrons. The first kappa shape index (κ1) is 15.0. The maximum absolute atomic E-state index is 12.4. The average Bonchev–Trinajstić information content (AvgIpc) is 2.87. The number of nitrogens with two attached hydrogens (primary N) is 1. The van der Waals surface area contributed by atoms with E-state index in [4.69, 9.17) is 17.3 Å². The first-order valence-electron chi connectivity index (χ1n) is 5.88. The highest BCUT2D eigenvalue weighted by atomic mass is 35.5. The molecule has 0 amide bonds. The predicted molar refractivity (Wildman–Crippen MR) is 76.6 cm³/mol. The zero-order valence-corrected chi connectivity index (χ0v) is 12.4. The number of rotatable bonds is 5. The first-order chi connectivity index (χ1) is 9.45. The van der Waals surface area contributed by atoms with Gasteiger partial charge in [0, 0.05) is 30.7 Å². The molecule has 0 bridgehead atoms. The van der Waals surface area contributed by atoms with Crippen LogP contribution in [0.15, 0.2) is 35.5 Å². The summed E-state index contributed by atoms with van der Waals surface area (Å²) in [5, 5.41) is 6.82. The minimum Gasteiger partial charge on any atom is -0.326 e. The van der Waals surface area contributed by atoms with Crippen molar-refractivity contribution in [3.05, 3.63) is 46.6 Å². The minimum absolute atomic E-state index is 0.0320. The summed E-state index contributed by atoms with van der Waals surface area (Å²) in [4.78, 5) is 0. The van der Waals surface area contributed by atoms with E-state index in [1.807, 2.05) is 6.07 Å². The number of nitrogens with zero attached hydrogens (tertiary/aromatic N) is 2. The molecule has 0 fully saturated rings. The summed E-state index contributed by atoms with van der Waals surface area (Å²) in [6, 6.07) is 7.06. The Hall–Kier alpha value is -1.41. The number of H-pyrrole nitrogens is 1. The highest BCUT2D eigenvalue weighted by Gasteiger charge is 2.25. The van der Waals surface area contributed by atoms with Gasteiger partial charge in [0.05, 0.1) is 6.20 Å². The fraction of sp³-hybridized carbons (Fsp3) is 0.250. The van der Waals surface area contributed by atoms with E-state index in [0.29, 0.717) is 10.6 Å². The molecule has 1 aromatic carbocycles. The molecule has 0 unspecified atom stereocenters. The van der Waals surface area contributed by atoms with Crippen molar-refractivity contribution in [2.24, 2.45) is 5.73 Å². The van der Waals surface area contributed by atoms with E-state index in [1.54, 1.807) is 18.2 Å². The van der Waals surface area contributed by atoms with E-state index in [1.165, 1.54) is 17.5 Å². The maximum Gasteiger partial charge on any atom is 0.260 e. The predicted octanol–water partition coefficient (Wildman–Crippen LogP) is 1.34. The van der Waals surface area contributed by atoms with E-state index < -0.39 is 10.0 Å². The van der Waals surface area contributed by atoms with Gasteiger partial charge in [-0.1, -0.05) is 23.7 Å². The van der Waals surface area contributed by atoms with Gasteiger partial charge in [0.25, 0.3) is 10.0 Å². The number of nitrogens with one attached hydrogen (secondary N) is 1. The molecule has 3 N–H and O–H groups in total. The number of hydrogen-bond acceptors (Lipinski definition) is 4. The summed E-state index contributed by atoms with van der Waals surface area (Å²) in [6.07, 6.45) is 1.42. The number of aromatic nitrogens is 2. The molecule has 0 aliphatic rings. The standard InChI is InChI=1S/C12H15ClN4O2S/c1-17(8-9-3-2-4-11(13)5-9)20(18,19)12-10(6-14)7-15-16-12/h2-5,7H,6,8,14H2,1H3,(H,15,16). The lowest BCUT2D eigenvalue weighted by Crippen LogP contribution is -2.27. The van der Waals surface area contributed by atoms with Crippen molar-refractivity contribution >= 4 is 21.6 Å². The van der Waals surface area contributed by atoms with Gasteiger partial charge in [-0.3, -0.25) is 5.10 Å². The third-order valence-corrected chi connectivity index (χ3v) is 4.91. The summed E-state index contributed by atoms with van der Waals surface area (Å²) < 4.78 is 26.1. The molecule has 108 valence electrons. The van der Waals surface area contributed by atoms with Crippen molar-refractivity contribution in [3.63, 3.8) is 0 Å². The normalized spacial score (nSPS) is 12.0. The van der Waals surface area contributed by atoms with Crippen LogP contribution in [0, 0.1) is 0 Å². The number of halogens is 1. The van der Waals surface area contributed by atoms with Crippen molar-refractivity contribution in [2.45, 2.75) is 18.1 Å². The fourth-order valence-electron chi connectivity index (χ4n) is 1.80. The van der Waals surface area contributed by atoms with Crippen LogP contribution in [0.2, 0.25) is 5.02 Å². The van der Waals surface area contributed by atoms with Crippen molar-refractivity contribution in [1.29, 1.82) is 0 Å². The first-order valence-corrected chi connectivity index (χ1v) is 7.70. The minimum atomic E-state index is -3.66. The van der Waals surface area contributed by atoms with Crippen LogP contribution in [-0.4, -0.2) is 30.0 Å². The Balaban J connectivity index is 2.26. The van der Waals surface area contributed by atoms with Crippen LogP contribution < -0.4 is 5.73 Å². The van der Waals surface area contributed by atoms with Gasteiger partial charge >= 0.3 is 0 Å². The molecule has 0 saturated heterocycles. The molecule has 0 atom stereocenters. The fourth-order valence-corrected chi connectivity index (χ4v) is 3.28. The van der Waals surface area contributed by atoms with Gasteiger partial charge in [0.2, 0.25) is 0 Å². The molecular formula is C12H15ClN4O2S. The van der Waals surface area contributed by atoms with E-state index in [0.717, 1.165) is 5.56 Å². The smallest absolute Gasteiger partial charge is 0.260 e. The molecule has 0 aliphatic carbocycles. The monoisotopic (exact) mass is 314 g/mol.